The summed E-state index contributed by atoms with van der Waals surface area (Å²) in [5.41, 5.74) is 8.95. The quantitative estimate of drug-likeness (QED) is 0.225. The van der Waals surface area contributed by atoms with Gasteiger partial charge in [-0.25, -0.2) is 0 Å². The minimum absolute atomic E-state index is 0.00839. The molecule has 0 radical (unpaired) electrons. The van der Waals surface area contributed by atoms with Crippen LogP contribution in [0.4, 0.5) is 0 Å². The molecule has 39 heavy (non-hydrogen) atoms. The van der Waals surface area contributed by atoms with E-state index in [1.54, 1.807) is 7.11 Å². The van der Waals surface area contributed by atoms with Gasteiger partial charge in [0.2, 0.25) is 0 Å². The predicted octanol–water partition coefficient (Wildman–Crippen LogP) is 7.51. The highest BCUT2D eigenvalue weighted by molar-refractivity contribution is 6.24. The molecular weight excluding hydrogens is 480 g/mol. The number of aryl methyl sites for hydroxylation is 1. The minimum atomic E-state index is -0.00839. The normalized spacial score (nSPS) is 12.9. The lowest BCUT2D eigenvalue weighted by Crippen LogP contribution is -2.21. The van der Waals surface area contributed by atoms with Crippen LogP contribution in [0.1, 0.15) is 23.6 Å². The Hall–Kier alpha value is -4.57. The molecule has 6 aromatic rings. The number of benzene rings is 4. The van der Waals surface area contributed by atoms with Gasteiger partial charge in [-0.3, -0.25) is 4.79 Å². The Labute approximate surface area is 227 Å². The van der Waals surface area contributed by atoms with Crippen molar-refractivity contribution in [2.45, 2.75) is 32.9 Å². The van der Waals surface area contributed by atoms with Crippen LogP contribution in [0.2, 0.25) is 0 Å². The minimum Gasteiger partial charge on any atom is -0.496 e. The predicted molar refractivity (Wildman–Crippen MR) is 161 cm³/mol. The van der Waals surface area contributed by atoms with Crippen molar-refractivity contribution in [1.29, 1.82) is 0 Å². The van der Waals surface area contributed by atoms with Gasteiger partial charge in [0.1, 0.15) is 5.75 Å². The van der Waals surface area contributed by atoms with E-state index in [0.717, 1.165) is 52.7 Å². The Kier molecular flexibility index (Phi) is 5.62. The number of rotatable bonds is 5. The van der Waals surface area contributed by atoms with Crippen LogP contribution in [0, 0.1) is 0 Å². The lowest BCUT2D eigenvalue weighted by Gasteiger charge is -2.22. The summed E-state index contributed by atoms with van der Waals surface area (Å²) in [6.07, 6.45) is 6.16. The molecule has 0 saturated heterocycles. The summed E-state index contributed by atoms with van der Waals surface area (Å²) in [4.78, 5) is 14.0. The molecule has 2 aromatic heterocycles. The molecule has 7 rings (SSSR count). The van der Waals surface area contributed by atoms with Crippen LogP contribution in [0.3, 0.4) is 0 Å². The molecule has 2 heterocycles. The van der Waals surface area contributed by atoms with Gasteiger partial charge < -0.3 is 13.9 Å². The largest absolute Gasteiger partial charge is 0.496 e. The molecule has 4 aromatic carbocycles. The van der Waals surface area contributed by atoms with Crippen LogP contribution in [0.15, 0.2) is 102 Å². The Morgan fingerprint density at radius 2 is 1.51 bits per heavy atom. The fourth-order valence-electron chi connectivity index (χ4n) is 6.46. The Morgan fingerprint density at radius 1 is 0.769 bits per heavy atom. The number of hydrogen-bond donors (Lipinski definition) is 0. The second kappa shape index (κ2) is 9.32. The molecule has 4 nitrogen and oxygen atoms in total. The number of ether oxygens (including phenoxy) is 1. The highest BCUT2D eigenvalue weighted by Gasteiger charge is 2.23. The zero-order valence-electron chi connectivity index (χ0n) is 22.3. The topological polar surface area (TPSA) is 36.2 Å². The van der Waals surface area contributed by atoms with E-state index in [2.05, 4.69) is 84.3 Å². The van der Waals surface area contributed by atoms with Crippen molar-refractivity contribution in [2.24, 2.45) is 0 Å². The average Bonchev–Trinajstić information content (AvgIpc) is 3.32. The van der Waals surface area contributed by atoms with E-state index in [1.807, 2.05) is 28.8 Å². The third-order valence-electron chi connectivity index (χ3n) is 8.20. The summed E-state index contributed by atoms with van der Waals surface area (Å²) >= 11 is 0. The smallest absolute Gasteiger partial charge is 0.251 e. The number of allylic oxidation sites excluding steroid dienone is 2. The van der Waals surface area contributed by atoms with E-state index in [0.29, 0.717) is 6.54 Å². The number of hydrogen-bond acceptors (Lipinski definition) is 2. The van der Waals surface area contributed by atoms with Crippen LogP contribution in [0.25, 0.3) is 43.8 Å². The first-order chi connectivity index (χ1) is 19.2. The SMILES string of the molecule is CCn1c2ccccc2c2c3c(-c4c(OC)ccc5c4CC=CC5)cc(=O)n(Cc4ccccc4)c3ccc21. The van der Waals surface area contributed by atoms with Crippen LogP contribution < -0.4 is 10.3 Å². The standard InChI is InChI=1S/C35H30N2O2/c1-3-36-28-16-10-9-15-26(28)34-29(36)18-19-30-35(34)27(21-32(38)37(30)22-23-11-5-4-6-12-23)33-25-14-8-7-13-24(25)17-20-31(33)39-2/h4-12,15-21H,3,13-14,22H2,1-2H3. The molecule has 4 heteroatoms. The van der Waals surface area contributed by atoms with Crippen LogP contribution in [-0.4, -0.2) is 16.2 Å². The van der Waals surface area contributed by atoms with Gasteiger partial charge in [0.25, 0.3) is 5.56 Å². The summed E-state index contributed by atoms with van der Waals surface area (Å²) in [6.45, 7) is 3.57. The van der Waals surface area contributed by atoms with Crippen LogP contribution in [0.5, 0.6) is 5.75 Å². The van der Waals surface area contributed by atoms with E-state index in [-0.39, 0.29) is 5.56 Å². The van der Waals surface area contributed by atoms with Crippen LogP contribution >= 0.6 is 0 Å². The van der Waals surface area contributed by atoms with Crippen molar-refractivity contribution in [3.63, 3.8) is 0 Å². The molecule has 1 aliphatic carbocycles. The van der Waals surface area contributed by atoms with Gasteiger partial charge in [-0.1, -0.05) is 66.7 Å². The molecule has 0 bridgehead atoms. The maximum absolute atomic E-state index is 14.0. The highest BCUT2D eigenvalue weighted by atomic mass is 16.5. The van der Waals surface area contributed by atoms with Gasteiger partial charge >= 0.3 is 0 Å². The van der Waals surface area contributed by atoms with Crippen LogP contribution in [-0.2, 0) is 25.9 Å². The first-order valence-corrected chi connectivity index (χ1v) is 13.6. The van der Waals surface area contributed by atoms with Crippen molar-refractivity contribution in [2.75, 3.05) is 7.11 Å². The number of pyridine rings is 1. The molecule has 0 fully saturated rings. The molecule has 0 aliphatic heterocycles. The van der Waals surface area contributed by atoms with Gasteiger partial charge in [-0.15, -0.1) is 0 Å². The second-order valence-electron chi connectivity index (χ2n) is 10.2. The molecule has 1 aliphatic rings. The number of fused-ring (bicyclic) bond motifs is 6. The third-order valence-corrected chi connectivity index (χ3v) is 8.20. The fraction of sp³-hybridized carbons (Fsp3) is 0.171. The molecule has 0 amide bonds. The zero-order valence-corrected chi connectivity index (χ0v) is 22.3. The second-order valence-corrected chi connectivity index (χ2v) is 10.2. The number of nitrogens with zero attached hydrogens (tertiary/aromatic N) is 2. The first kappa shape index (κ1) is 23.5. The fourth-order valence-corrected chi connectivity index (χ4v) is 6.46. The summed E-state index contributed by atoms with van der Waals surface area (Å²) < 4.78 is 10.3. The van der Waals surface area contributed by atoms with E-state index in [4.69, 9.17) is 4.74 Å². The Bertz CT molecular complexity index is 1980. The summed E-state index contributed by atoms with van der Waals surface area (Å²) in [7, 11) is 1.72. The van der Waals surface area contributed by atoms with Crippen molar-refractivity contribution in [3.05, 3.63) is 124 Å². The van der Waals surface area contributed by atoms with Crippen molar-refractivity contribution < 1.29 is 4.74 Å². The van der Waals surface area contributed by atoms with Gasteiger partial charge in [0, 0.05) is 50.9 Å². The molecule has 0 N–H and O–H groups in total. The number of aromatic nitrogens is 2. The van der Waals surface area contributed by atoms with Gasteiger partial charge in [0.15, 0.2) is 0 Å². The molecule has 0 spiro atoms. The number of para-hydroxylation sites is 1. The average molecular weight is 511 g/mol. The summed E-state index contributed by atoms with van der Waals surface area (Å²) in [5.74, 6) is 0.807. The van der Waals surface area contributed by atoms with Gasteiger partial charge in [-0.2, -0.15) is 0 Å². The Morgan fingerprint density at radius 3 is 2.31 bits per heavy atom. The lowest BCUT2D eigenvalue weighted by molar-refractivity contribution is 0.416. The van der Waals surface area contributed by atoms with Crippen molar-refractivity contribution in [3.8, 4) is 16.9 Å². The maximum atomic E-state index is 14.0. The summed E-state index contributed by atoms with van der Waals surface area (Å²) in [6, 6.07) is 29.2. The molecule has 0 unspecified atom stereocenters. The molecule has 0 atom stereocenters. The zero-order chi connectivity index (χ0) is 26.5. The lowest BCUT2D eigenvalue weighted by atomic mass is 9.86. The van der Waals surface area contributed by atoms with Crippen molar-refractivity contribution in [1.82, 2.24) is 9.13 Å². The van der Waals surface area contributed by atoms with Crippen molar-refractivity contribution >= 4 is 32.7 Å². The van der Waals surface area contributed by atoms with E-state index < -0.39 is 0 Å². The molecular formula is C35H30N2O2. The first-order valence-electron chi connectivity index (χ1n) is 13.6. The Balaban J connectivity index is 1.68. The third kappa shape index (κ3) is 3.63. The monoisotopic (exact) mass is 510 g/mol. The number of methoxy groups -OCH3 is 1. The highest BCUT2D eigenvalue weighted by Crippen LogP contribution is 2.44. The van der Waals surface area contributed by atoms with Gasteiger partial charge in [-0.05, 0) is 60.7 Å². The molecule has 192 valence electrons. The molecule has 0 saturated carbocycles. The summed E-state index contributed by atoms with van der Waals surface area (Å²) in [5, 5.41) is 3.50. The van der Waals surface area contributed by atoms with E-state index in [9.17, 15) is 4.79 Å². The van der Waals surface area contributed by atoms with E-state index >= 15 is 0 Å². The maximum Gasteiger partial charge on any atom is 0.251 e. The van der Waals surface area contributed by atoms with E-state index in [1.165, 1.54) is 32.9 Å². The van der Waals surface area contributed by atoms with Gasteiger partial charge in [0.05, 0.1) is 19.2 Å².